The molecule has 0 saturated heterocycles. The molecule has 8 heteroatoms. The Labute approximate surface area is 98.8 Å². The zero-order valence-corrected chi connectivity index (χ0v) is 8.84. The molecule has 0 bridgehead atoms. The topological polar surface area (TPSA) is 113 Å². The molecular formula is H10CaMgNO4P. The summed E-state index contributed by atoms with van der Waals surface area (Å²) >= 11 is 0. The summed E-state index contributed by atoms with van der Waals surface area (Å²) < 4.78 is 8.88. The van der Waals surface area contributed by atoms with Crippen LogP contribution in [0, 0.1) is 0 Å². The first kappa shape index (κ1) is 22.5. The molecule has 0 saturated carbocycles. The van der Waals surface area contributed by atoms with Crippen molar-refractivity contribution in [2.24, 2.45) is 0 Å². The first-order chi connectivity index (χ1) is 2.00. The molecule has 0 rings (SSSR count). The molecule has 0 amide bonds. The van der Waals surface area contributed by atoms with Gasteiger partial charge in [0.2, 0.25) is 0 Å². The Morgan fingerprint density at radius 1 is 1.25 bits per heavy atom. The number of phosphoric acid groups is 1. The van der Waals surface area contributed by atoms with Crippen LogP contribution in [0.5, 0.6) is 0 Å². The van der Waals surface area contributed by atoms with E-state index in [9.17, 15) is 0 Å². The summed E-state index contributed by atoms with van der Waals surface area (Å²) in [7, 11) is -4.64. The number of hydrogen-bond donors (Lipinski definition) is 4. The monoisotopic (exact) mass is 183 g/mol. The van der Waals surface area contributed by atoms with Gasteiger partial charge in [0.15, 0.2) is 0 Å². The van der Waals surface area contributed by atoms with Gasteiger partial charge in [-0.25, -0.2) is 4.57 Å². The van der Waals surface area contributed by atoms with E-state index in [4.69, 9.17) is 19.2 Å². The van der Waals surface area contributed by atoms with E-state index in [0.717, 1.165) is 0 Å². The Morgan fingerprint density at radius 2 is 1.25 bits per heavy atom. The van der Waals surface area contributed by atoms with Crippen LogP contribution < -0.4 is 6.15 Å². The molecule has 0 aliphatic heterocycles. The fraction of sp³-hybridized carbons (Fsp3) is 0. The van der Waals surface area contributed by atoms with Crippen LogP contribution in [0.2, 0.25) is 0 Å². The Balaban J connectivity index is -0.00000000381. The van der Waals surface area contributed by atoms with Crippen molar-refractivity contribution in [1.82, 2.24) is 6.15 Å². The fourth-order valence-electron chi connectivity index (χ4n) is 0. The molecule has 0 aliphatic carbocycles. The van der Waals surface area contributed by atoms with E-state index in [1.165, 1.54) is 0 Å². The second-order valence-corrected chi connectivity index (χ2v) is 1.54. The minimum Gasteiger partial charge on any atom is -1.00 e. The third-order valence-corrected chi connectivity index (χ3v) is 0. The maximum absolute atomic E-state index is 8.88. The summed E-state index contributed by atoms with van der Waals surface area (Å²) in [4.78, 5) is 21.6. The van der Waals surface area contributed by atoms with Crippen molar-refractivity contribution >= 4 is 68.6 Å². The van der Waals surface area contributed by atoms with Crippen molar-refractivity contribution in [2.45, 2.75) is 0 Å². The molecule has 0 fully saturated rings. The molecule has 0 aromatic heterocycles. The third kappa shape index (κ3) is 92.8. The maximum atomic E-state index is 8.88. The third-order valence-electron chi connectivity index (χ3n) is 0. The minimum atomic E-state index is -4.64. The SMILES string of the molecule is N.O=P(O)(O)O.[Ca+2].[H-].[H-].[H-].[H-].[Mg+2]. The predicted octanol–water partition coefficient (Wildman–Crippen LogP) is -1.08. The summed E-state index contributed by atoms with van der Waals surface area (Å²) in [5, 5.41) is 0. The van der Waals surface area contributed by atoms with Crippen LogP contribution in [-0.2, 0) is 4.57 Å². The maximum Gasteiger partial charge on any atom is 2.00 e. The quantitative estimate of drug-likeness (QED) is 0.282. The molecule has 8 heavy (non-hydrogen) atoms. The van der Waals surface area contributed by atoms with E-state index in [-0.39, 0.29) is 72.6 Å². The van der Waals surface area contributed by atoms with Gasteiger partial charge in [0.1, 0.15) is 0 Å². The van der Waals surface area contributed by atoms with Gasteiger partial charge in [0.05, 0.1) is 0 Å². The Hall–Kier alpha value is 2.10. The van der Waals surface area contributed by atoms with Crippen LogP contribution in [-0.4, -0.2) is 75.5 Å². The van der Waals surface area contributed by atoms with E-state index in [1.54, 1.807) is 0 Å². The first-order valence-electron chi connectivity index (χ1n) is 0.783. The first-order valence-corrected chi connectivity index (χ1v) is 2.35. The van der Waals surface area contributed by atoms with Crippen molar-refractivity contribution in [1.29, 1.82) is 0 Å². The molecule has 6 N–H and O–H groups in total. The second kappa shape index (κ2) is 9.10. The van der Waals surface area contributed by atoms with Crippen LogP contribution >= 0.6 is 7.82 Å². The summed E-state index contributed by atoms with van der Waals surface area (Å²) in [6.45, 7) is 0. The van der Waals surface area contributed by atoms with E-state index in [1.807, 2.05) is 0 Å². The van der Waals surface area contributed by atoms with E-state index in [0.29, 0.717) is 0 Å². The van der Waals surface area contributed by atoms with E-state index in [2.05, 4.69) is 0 Å². The number of rotatable bonds is 0. The van der Waals surface area contributed by atoms with Crippen molar-refractivity contribution in [3.8, 4) is 0 Å². The fourth-order valence-corrected chi connectivity index (χ4v) is 0. The molecule has 0 heterocycles. The molecule has 0 aromatic carbocycles. The largest absolute Gasteiger partial charge is 2.00 e. The molecule has 0 atom stereocenters. The number of hydrogen-bond acceptors (Lipinski definition) is 2. The molecule has 0 spiro atoms. The van der Waals surface area contributed by atoms with Crippen LogP contribution in [0.3, 0.4) is 0 Å². The Bertz CT molecular complexity index is 73.2. The van der Waals surface area contributed by atoms with Crippen molar-refractivity contribution in [3.05, 3.63) is 0 Å². The van der Waals surface area contributed by atoms with Gasteiger partial charge in [0.25, 0.3) is 0 Å². The standard InChI is InChI=1S/Ca.Mg.H3N.H3O4P.4H/c;;;1-5(2,3)4;;;;/h;;1H3;(H3,1,2,3,4);;;;/q2*+2;;;4*-1. The van der Waals surface area contributed by atoms with Gasteiger partial charge in [-0.1, -0.05) is 0 Å². The van der Waals surface area contributed by atoms with Gasteiger partial charge in [-0.2, -0.15) is 0 Å². The summed E-state index contributed by atoms with van der Waals surface area (Å²) in [5.41, 5.74) is 0. The van der Waals surface area contributed by atoms with Gasteiger partial charge in [-0.15, -0.1) is 0 Å². The zero-order valence-electron chi connectivity index (χ0n) is 8.32. The average Bonchev–Trinajstić information content (AvgIpc) is 0.722. The predicted molar refractivity (Wildman–Crippen MR) is 35.2 cm³/mol. The van der Waals surface area contributed by atoms with Crippen molar-refractivity contribution < 1.29 is 25.0 Å². The molecule has 0 unspecified atom stereocenters. The van der Waals surface area contributed by atoms with Crippen LogP contribution in [0.15, 0.2) is 0 Å². The van der Waals surface area contributed by atoms with E-state index < -0.39 is 7.82 Å². The molecule has 0 aliphatic rings. The molecule has 5 nitrogen and oxygen atoms in total. The Morgan fingerprint density at radius 3 is 1.25 bits per heavy atom. The smallest absolute Gasteiger partial charge is 1.00 e. The molecule has 48 valence electrons. The van der Waals surface area contributed by atoms with Crippen LogP contribution in [0.4, 0.5) is 0 Å². The summed E-state index contributed by atoms with van der Waals surface area (Å²) in [5.74, 6) is 0. The van der Waals surface area contributed by atoms with Gasteiger partial charge in [-0.05, 0) is 0 Å². The summed E-state index contributed by atoms with van der Waals surface area (Å²) in [6.07, 6.45) is 0. The molecule has 0 radical (unpaired) electrons. The Kier molecular flexibility index (Phi) is 25.6. The van der Waals surface area contributed by atoms with E-state index >= 15 is 0 Å². The van der Waals surface area contributed by atoms with Gasteiger partial charge in [-0.3, -0.25) is 0 Å². The normalized spacial score (nSPS) is 7.38. The van der Waals surface area contributed by atoms with Gasteiger partial charge < -0.3 is 26.5 Å². The molecule has 0 aromatic rings. The molecular weight excluding hydrogens is 173 g/mol. The van der Waals surface area contributed by atoms with Gasteiger partial charge in [0, 0.05) is 0 Å². The van der Waals surface area contributed by atoms with Crippen LogP contribution in [0.1, 0.15) is 5.71 Å². The van der Waals surface area contributed by atoms with Crippen molar-refractivity contribution in [2.75, 3.05) is 0 Å². The van der Waals surface area contributed by atoms with Gasteiger partial charge >= 0.3 is 68.6 Å². The average molecular weight is 183 g/mol. The zero-order chi connectivity index (χ0) is 4.50. The van der Waals surface area contributed by atoms with Crippen molar-refractivity contribution in [3.63, 3.8) is 0 Å². The summed E-state index contributed by atoms with van der Waals surface area (Å²) in [6, 6.07) is 0. The minimum absolute atomic E-state index is 0. The second-order valence-electron chi connectivity index (χ2n) is 0.513. The van der Waals surface area contributed by atoms with Crippen LogP contribution in [0.25, 0.3) is 0 Å².